The van der Waals surface area contributed by atoms with E-state index in [1.807, 2.05) is 0 Å². The molecule has 2 N–H and O–H groups in total. The van der Waals surface area contributed by atoms with Crippen LogP contribution in [0.2, 0.25) is 0 Å². The van der Waals surface area contributed by atoms with Crippen molar-refractivity contribution in [2.24, 2.45) is 0 Å². The first-order valence-corrected chi connectivity index (χ1v) is 10.1. The number of para-hydroxylation sites is 1. The second-order valence-electron chi connectivity index (χ2n) is 6.25. The van der Waals surface area contributed by atoms with Gasteiger partial charge < -0.3 is 19.9 Å². The van der Waals surface area contributed by atoms with Crippen LogP contribution in [-0.2, 0) is 17.7 Å². The van der Waals surface area contributed by atoms with E-state index in [9.17, 15) is 0 Å². The summed E-state index contributed by atoms with van der Waals surface area (Å²) in [6.45, 7) is 5.22. The third-order valence-electron chi connectivity index (χ3n) is 4.46. The van der Waals surface area contributed by atoms with Gasteiger partial charge in [-0.3, -0.25) is 0 Å². The lowest BCUT2D eigenvalue weighted by molar-refractivity contribution is 0.203. The van der Waals surface area contributed by atoms with Crippen LogP contribution in [0.1, 0.15) is 16.1 Å². The molecule has 138 valence electrons. The number of ether oxygens (including phenoxy) is 1. The maximum atomic E-state index is 5.64. The van der Waals surface area contributed by atoms with E-state index in [4.69, 9.17) is 17.0 Å². The van der Waals surface area contributed by atoms with Gasteiger partial charge in [-0.25, -0.2) is 0 Å². The van der Waals surface area contributed by atoms with Gasteiger partial charge in [-0.15, -0.1) is 11.3 Å². The molecule has 1 aromatic carbocycles. The van der Waals surface area contributed by atoms with Crippen LogP contribution in [0, 0.1) is 6.92 Å². The van der Waals surface area contributed by atoms with E-state index in [1.54, 1.807) is 18.4 Å². The summed E-state index contributed by atoms with van der Waals surface area (Å²) >= 11 is 7.41. The standard InChI is InChI=1S/C20H25N3OS2/c1-15-17(18-7-3-4-8-19(18)22-15)9-11-23(14-16-6-5-13-26-16)20(25)21-10-12-24-2/h3-8,13,22H,9-12,14H2,1-2H3,(H,21,25). The number of rotatable bonds is 8. The Morgan fingerprint density at radius 1 is 1.27 bits per heavy atom. The highest BCUT2D eigenvalue weighted by Gasteiger charge is 2.14. The van der Waals surface area contributed by atoms with Crippen LogP contribution in [-0.4, -0.2) is 41.8 Å². The number of aromatic amines is 1. The molecule has 0 bridgehead atoms. The van der Waals surface area contributed by atoms with E-state index in [1.165, 1.54) is 27.0 Å². The molecular formula is C20H25N3OS2. The molecule has 0 saturated heterocycles. The van der Waals surface area contributed by atoms with E-state index < -0.39 is 0 Å². The number of benzene rings is 1. The Morgan fingerprint density at radius 3 is 2.88 bits per heavy atom. The minimum atomic E-state index is 0.647. The maximum Gasteiger partial charge on any atom is 0.169 e. The molecule has 0 unspecified atom stereocenters. The fourth-order valence-electron chi connectivity index (χ4n) is 3.12. The van der Waals surface area contributed by atoms with Gasteiger partial charge in [-0.05, 0) is 48.6 Å². The molecule has 0 atom stereocenters. The molecule has 2 aromatic heterocycles. The SMILES string of the molecule is COCCNC(=S)N(CCc1c(C)[nH]c2ccccc12)Cc1cccs1. The minimum Gasteiger partial charge on any atom is -0.383 e. The van der Waals surface area contributed by atoms with Gasteiger partial charge in [0.05, 0.1) is 13.2 Å². The highest BCUT2D eigenvalue weighted by atomic mass is 32.1. The van der Waals surface area contributed by atoms with E-state index in [0.29, 0.717) is 6.61 Å². The molecule has 0 aliphatic heterocycles. The monoisotopic (exact) mass is 387 g/mol. The Labute approximate surface area is 164 Å². The summed E-state index contributed by atoms with van der Waals surface area (Å²) in [5, 5.41) is 7.51. The number of nitrogens with zero attached hydrogens (tertiary/aromatic N) is 1. The molecule has 26 heavy (non-hydrogen) atoms. The Balaban J connectivity index is 1.71. The smallest absolute Gasteiger partial charge is 0.169 e. The zero-order chi connectivity index (χ0) is 18.4. The minimum absolute atomic E-state index is 0.647. The van der Waals surface area contributed by atoms with Crippen LogP contribution in [0.5, 0.6) is 0 Å². The first kappa shape index (κ1) is 18.9. The summed E-state index contributed by atoms with van der Waals surface area (Å²) in [4.78, 5) is 7.05. The predicted molar refractivity (Wildman–Crippen MR) is 114 cm³/mol. The molecule has 0 saturated carbocycles. The normalized spacial score (nSPS) is 11.0. The third kappa shape index (κ3) is 4.63. The van der Waals surface area contributed by atoms with Gasteiger partial charge in [-0.2, -0.15) is 0 Å². The molecule has 3 rings (SSSR count). The molecule has 0 aliphatic rings. The van der Waals surface area contributed by atoms with Crippen LogP contribution in [0.25, 0.3) is 10.9 Å². The topological polar surface area (TPSA) is 40.3 Å². The molecule has 3 aromatic rings. The van der Waals surface area contributed by atoms with Crippen LogP contribution < -0.4 is 5.32 Å². The second-order valence-corrected chi connectivity index (χ2v) is 7.67. The average Bonchev–Trinajstić information content (AvgIpc) is 3.26. The lowest BCUT2D eigenvalue weighted by atomic mass is 10.1. The Morgan fingerprint density at radius 2 is 2.12 bits per heavy atom. The highest BCUT2D eigenvalue weighted by molar-refractivity contribution is 7.80. The molecule has 0 aliphatic carbocycles. The molecule has 0 spiro atoms. The van der Waals surface area contributed by atoms with E-state index in [0.717, 1.165) is 31.2 Å². The summed E-state index contributed by atoms with van der Waals surface area (Å²) in [6.07, 6.45) is 0.952. The number of hydrogen-bond donors (Lipinski definition) is 2. The molecule has 6 heteroatoms. The van der Waals surface area contributed by atoms with Gasteiger partial charge in [0.15, 0.2) is 5.11 Å². The van der Waals surface area contributed by atoms with Crippen LogP contribution >= 0.6 is 23.6 Å². The summed E-state index contributed by atoms with van der Waals surface area (Å²) in [5.41, 5.74) is 3.81. The number of thiophene rings is 1. The van der Waals surface area contributed by atoms with E-state index in [-0.39, 0.29) is 0 Å². The molecule has 2 heterocycles. The van der Waals surface area contributed by atoms with Crippen molar-refractivity contribution in [3.63, 3.8) is 0 Å². The molecule has 0 fully saturated rings. The number of fused-ring (bicyclic) bond motifs is 1. The van der Waals surface area contributed by atoms with Crippen molar-refractivity contribution < 1.29 is 4.74 Å². The van der Waals surface area contributed by atoms with Gasteiger partial charge >= 0.3 is 0 Å². The summed E-state index contributed by atoms with van der Waals surface area (Å²) in [7, 11) is 1.70. The van der Waals surface area contributed by atoms with Crippen LogP contribution in [0.15, 0.2) is 41.8 Å². The Hall–Kier alpha value is -1.89. The van der Waals surface area contributed by atoms with Gasteiger partial charge in [0, 0.05) is 41.7 Å². The Kier molecular flexibility index (Phi) is 6.66. The number of H-pyrrole nitrogens is 1. The molecule has 4 nitrogen and oxygen atoms in total. The maximum absolute atomic E-state index is 5.64. The average molecular weight is 388 g/mol. The first-order valence-electron chi connectivity index (χ1n) is 8.79. The second kappa shape index (κ2) is 9.16. The zero-order valence-corrected chi connectivity index (χ0v) is 16.9. The molecule has 0 amide bonds. The third-order valence-corrected chi connectivity index (χ3v) is 5.72. The number of aromatic nitrogens is 1. The van der Waals surface area contributed by atoms with Crippen molar-refractivity contribution in [1.82, 2.24) is 15.2 Å². The largest absolute Gasteiger partial charge is 0.383 e. The van der Waals surface area contributed by atoms with E-state index in [2.05, 4.69) is 63.9 Å². The van der Waals surface area contributed by atoms with Crippen molar-refractivity contribution in [3.05, 3.63) is 57.9 Å². The predicted octanol–water partition coefficient (Wildman–Crippen LogP) is 4.10. The van der Waals surface area contributed by atoms with Crippen molar-refractivity contribution >= 4 is 39.6 Å². The number of nitrogens with one attached hydrogen (secondary N) is 2. The van der Waals surface area contributed by atoms with Gasteiger partial charge in [0.1, 0.15) is 0 Å². The summed E-state index contributed by atoms with van der Waals surface area (Å²) < 4.78 is 5.12. The zero-order valence-electron chi connectivity index (χ0n) is 15.2. The van der Waals surface area contributed by atoms with Crippen molar-refractivity contribution in [1.29, 1.82) is 0 Å². The fourth-order valence-corrected chi connectivity index (χ4v) is 4.10. The number of aryl methyl sites for hydroxylation is 1. The lowest BCUT2D eigenvalue weighted by Gasteiger charge is -2.25. The Bertz CT molecular complexity index is 842. The van der Waals surface area contributed by atoms with Gasteiger partial charge in [0.2, 0.25) is 0 Å². The van der Waals surface area contributed by atoms with Gasteiger partial charge in [-0.1, -0.05) is 24.3 Å². The quantitative estimate of drug-likeness (QED) is 0.451. The molecule has 0 radical (unpaired) electrons. The highest BCUT2D eigenvalue weighted by Crippen LogP contribution is 2.23. The number of hydrogen-bond acceptors (Lipinski definition) is 3. The summed E-state index contributed by atoms with van der Waals surface area (Å²) in [5.74, 6) is 0. The van der Waals surface area contributed by atoms with Crippen LogP contribution in [0.4, 0.5) is 0 Å². The lowest BCUT2D eigenvalue weighted by Crippen LogP contribution is -2.41. The number of methoxy groups -OCH3 is 1. The van der Waals surface area contributed by atoms with Crippen molar-refractivity contribution in [2.75, 3.05) is 26.8 Å². The van der Waals surface area contributed by atoms with Crippen molar-refractivity contribution in [2.45, 2.75) is 19.9 Å². The number of thiocarbonyl (C=S) groups is 1. The molecular weight excluding hydrogens is 362 g/mol. The van der Waals surface area contributed by atoms with Crippen LogP contribution in [0.3, 0.4) is 0 Å². The van der Waals surface area contributed by atoms with E-state index >= 15 is 0 Å². The fraction of sp³-hybridized carbons (Fsp3) is 0.350. The van der Waals surface area contributed by atoms with Gasteiger partial charge in [0.25, 0.3) is 0 Å². The first-order chi connectivity index (χ1) is 12.7. The summed E-state index contributed by atoms with van der Waals surface area (Å²) in [6, 6.07) is 12.7. The van der Waals surface area contributed by atoms with Crippen molar-refractivity contribution in [3.8, 4) is 0 Å².